The van der Waals surface area contributed by atoms with Crippen LogP contribution in [0.3, 0.4) is 0 Å². The summed E-state index contributed by atoms with van der Waals surface area (Å²) in [4.78, 5) is 12.1. The lowest BCUT2D eigenvalue weighted by Gasteiger charge is -2.34. The summed E-state index contributed by atoms with van der Waals surface area (Å²) in [6.07, 6.45) is 1.18. The first-order chi connectivity index (χ1) is 10.7. The number of nitrogens with one attached hydrogen (secondary N) is 2. The van der Waals surface area contributed by atoms with Gasteiger partial charge in [0.05, 0.1) is 12.1 Å². The summed E-state index contributed by atoms with van der Waals surface area (Å²) < 4.78 is 10.8. The second-order valence-electron chi connectivity index (χ2n) is 6.74. The molecule has 0 saturated heterocycles. The second kappa shape index (κ2) is 8.36. The third kappa shape index (κ3) is 6.62. The van der Waals surface area contributed by atoms with Gasteiger partial charge in [0.15, 0.2) is 0 Å². The highest BCUT2D eigenvalue weighted by atomic mass is 16.6. The van der Waals surface area contributed by atoms with Crippen LogP contribution in [-0.4, -0.2) is 28.9 Å². The summed E-state index contributed by atoms with van der Waals surface area (Å²) in [6.45, 7) is 10.7. The van der Waals surface area contributed by atoms with Crippen LogP contribution in [-0.2, 0) is 17.9 Å². The lowest BCUT2D eigenvalue weighted by Crippen LogP contribution is -2.55. The van der Waals surface area contributed by atoms with E-state index in [9.17, 15) is 4.79 Å². The average Bonchev–Trinajstić information content (AvgIpc) is 2.92. The van der Waals surface area contributed by atoms with Gasteiger partial charge in [0.1, 0.15) is 23.7 Å². The van der Waals surface area contributed by atoms with Crippen molar-refractivity contribution in [3.05, 3.63) is 23.7 Å². The van der Waals surface area contributed by atoms with Crippen LogP contribution >= 0.6 is 0 Å². The van der Waals surface area contributed by atoms with Crippen LogP contribution in [0.4, 0.5) is 4.79 Å². The van der Waals surface area contributed by atoms with Crippen molar-refractivity contribution in [3.63, 3.8) is 0 Å². The lowest BCUT2D eigenvalue weighted by molar-refractivity contribution is 0.0445. The molecule has 0 fully saturated rings. The van der Waals surface area contributed by atoms with Crippen molar-refractivity contribution in [2.45, 2.75) is 71.8 Å². The van der Waals surface area contributed by atoms with Crippen LogP contribution < -0.4 is 10.6 Å². The first kappa shape index (κ1) is 19.5. The summed E-state index contributed by atoms with van der Waals surface area (Å²) in [6, 6.07) is 3.59. The molecular formula is C17H30N2O4. The smallest absolute Gasteiger partial charge is 0.408 e. The number of aliphatic hydroxyl groups excluding tert-OH is 1. The topological polar surface area (TPSA) is 83.7 Å². The number of carbonyl (C=O) groups excluding carboxylic acids is 1. The molecule has 1 rings (SSSR count). The Morgan fingerprint density at radius 1 is 1.22 bits per heavy atom. The summed E-state index contributed by atoms with van der Waals surface area (Å²) in [5.41, 5.74) is -0.881. The number of ether oxygens (including phenoxy) is 1. The molecule has 1 aromatic rings. The number of hydrogen-bond donors (Lipinski definition) is 3. The molecule has 6 heteroatoms. The molecule has 0 aliphatic heterocycles. The summed E-state index contributed by atoms with van der Waals surface area (Å²) in [5.74, 6) is 1.30. The first-order valence-corrected chi connectivity index (χ1v) is 8.14. The fourth-order valence-electron chi connectivity index (χ4n) is 2.27. The summed E-state index contributed by atoms with van der Waals surface area (Å²) >= 11 is 0. The first-order valence-electron chi connectivity index (χ1n) is 8.14. The van der Waals surface area contributed by atoms with E-state index < -0.39 is 11.7 Å². The SMILES string of the molecule is CCC(CC)(CNCc1ccc(CO)o1)NC(=O)OC(C)(C)C. The fourth-order valence-corrected chi connectivity index (χ4v) is 2.27. The van der Waals surface area contributed by atoms with E-state index in [2.05, 4.69) is 10.6 Å². The van der Waals surface area contributed by atoms with E-state index in [-0.39, 0.29) is 12.1 Å². The Morgan fingerprint density at radius 3 is 2.30 bits per heavy atom. The molecule has 1 amide bonds. The van der Waals surface area contributed by atoms with Gasteiger partial charge in [-0.15, -0.1) is 0 Å². The Hall–Kier alpha value is -1.53. The number of hydrogen-bond acceptors (Lipinski definition) is 5. The van der Waals surface area contributed by atoms with Gasteiger partial charge in [0.2, 0.25) is 0 Å². The molecule has 0 unspecified atom stereocenters. The maximum absolute atomic E-state index is 12.1. The van der Waals surface area contributed by atoms with E-state index in [0.29, 0.717) is 18.8 Å². The number of alkyl carbamates (subject to hydrolysis) is 1. The monoisotopic (exact) mass is 326 g/mol. The predicted octanol–water partition coefficient (Wildman–Crippen LogP) is 2.95. The van der Waals surface area contributed by atoms with Gasteiger partial charge in [-0.3, -0.25) is 0 Å². The van der Waals surface area contributed by atoms with E-state index in [1.165, 1.54) is 0 Å². The molecule has 0 bridgehead atoms. The molecule has 0 saturated carbocycles. The van der Waals surface area contributed by atoms with E-state index in [4.69, 9.17) is 14.3 Å². The lowest BCUT2D eigenvalue weighted by atomic mass is 9.93. The van der Waals surface area contributed by atoms with Gasteiger partial charge in [-0.2, -0.15) is 0 Å². The molecular weight excluding hydrogens is 296 g/mol. The normalized spacial score (nSPS) is 12.3. The maximum atomic E-state index is 12.1. The zero-order chi connectivity index (χ0) is 17.5. The van der Waals surface area contributed by atoms with Gasteiger partial charge in [-0.05, 0) is 45.7 Å². The maximum Gasteiger partial charge on any atom is 0.408 e. The second-order valence-corrected chi connectivity index (χ2v) is 6.74. The van der Waals surface area contributed by atoms with E-state index >= 15 is 0 Å². The van der Waals surface area contributed by atoms with Gasteiger partial charge in [0.25, 0.3) is 0 Å². The molecule has 23 heavy (non-hydrogen) atoms. The quantitative estimate of drug-likeness (QED) is 0.684. The van der Waals surface area contributed by atoms with Gasteiger partial charge in [0, 0.05) is 6.54 Å². The number of aliphatic hydroxyl groups is 1. The summed E-state index contributed by atoms with van der Waals surface area (Å²) in [7, 11) is 0. The van der Waals surface area contributed by atoms with Crippen molar-refractivity contribution in [2.24, 2.45) is 0 Å². The highest BCUT2D eigenvalue weighted by Gasteiger charge is 2.30. The van der Waals surface area contributed by atoms with Crippen molar-refractivity contribution in [1.29, 1.82) is 0 Å². The summed E-state index contributed by atoms with van der Waals surface area (Å²) in [5, 5.41) is 15.3. The molecule has 0 atom stereocenters. The standard InChI is InChI=1S/C17H30N2O4/c1-6-17(7-2,19-15(21)23-16(3,4)5)12-18-10-13-8-9-14(11-20)22-13/h8-9,18,20H,6-7,10-12H2,1-5H3,(H,19,21). The highest BCUT2D eigenvalue weighted by molar-refractivity contribution is 5.68. The van der Waals surface area contributed by atoms with Crippen molar-refractivity contribution in [1.82, 2.24) is 10.6 Å². The molecule has 1 aromatic heterocycles. The fraction of sp³-hybridized carbons (Fsp3) is 0.706. The Bertz CT molecular complexity index is 487. The molecule has 0 aliphatic carbocycles. The number of carbonyl (C=O) groups is 1. The van der Waals surface area contributed by atoms with E-state index in [1.54, 1.807) is 6.07 Å². The van der Waals surface area contributed by atoms with Gasteiger partial charge < -0.3 is 24.9 Å². The number of amides is 1. The Balaban J connectivity index is 2.56. The zero-order valence-corrected chi connectivity index (χ0v) is 14.9. The zero-order valence-electron chi connectivity index (χ0n) is 14.9. The van der Waals surface area contributed by atoms with Gasteiger partial charge in [-0.1, -0.05) is 13.8 Å². The average molecular weight is 326 g/mol. The molecule has 0 aromatic carbocycles. The minimum Gasteiger partial charge on any atom is -0.462 e. The molecule has 132 valence electrons. The van der Waals surface area contributed by atoms with Crippen LogP contribution in [0.2, 0.25) is 0 Å². The Morgan fingerprint density at radius 2 is 1.83 bits per heavy atom. The van der Waals surface area contributed by atoms with E-state index in [1.807, 2.05) is 40.7 Å². The third-order valence-electron chi connectivity index (χ3n) is 3.76. The van der Waals surface area contributed by atoms with Gasteiger partial charge >= 0.3 is 6.09 Å². The predicted molar refractivity (Wildman–Crippen MR) is 89.0 cm³/mol. The molecule has 0 spiro atoms. The van der Waals surface area contributed by atoms with Crippen molar-refractivity contribution >= 4 is 6.09 Å². The Labute approximate surface area is 138 Å². The minimum atomic E-state index is -0.514. The van der Waals surface area contributed by atoms with Crippen LogP contribution in [0.5, 0.6) is 0 Å². The largest absolute Gasteiger partial charge is 0.462 e. The van der Waals surface area contributed by atoms with E-state index in [0.717, 1.165) is 18.6 Å². The van der Waals surface area contributed by atoms with Crippen molar-refractivity contribution in [2.75, 3.05) is 6.54 Å². The molecule has 6 nitrogen and oxygen atoms in total. The minimum absolute atomic E-state index is 0.103. The van der Waals surface area contributed by atoms with Crippen molar-refractivity contribution < 1.29 is 19.1 Å². The highest BCUT2D eigenvalue weighted by Crippen LogP contribution is 2.17. The van der Waals surface area contributed by atoms with Crippen LogP contribution in [0.15, 0.2) is 16.5 Å². The molecule has 0 aliphatic rings. The molecule has 0 radical (unpaired) electrons. The van der Waals surface area contributed by atoms with Crippen LogP contribution in [0.1, 0.15) is 59.0 Å². The van der Waals surface area contributed by atoms with Crippen LogP contribution in [0, 0.1) is 0 Å². The number of furan rings is 1. The molecule has 3 N–H and O–H groups in total. The van der Waals surface area contributed by atoms with Crippen molar-refractivity contribution in [3.8, 4) is 0 Å². The number of rotatable bonds is 8. The molecule has 1 heterocycles. The van der Waals surface area contributed by atoms with Gasteiger partial charge in [-0.25, -0.2) is 4.79 Å². The van der Waals surface area contributed by atoms with Crippen LogP contribution in [0.25, 0.3) is 0 Å². The Kier molecular flexibility index (Phi) is 7.09. The third-order valence-corrected chi connectivity index (χ3v) is 3.76.